The van der Waals surface area contributed by atoms with Crippen molar-refractivity contribution < 1.29 is 19.8 Å². The average molecular weight is 268 g/mol. The summed E-state index contributed by atoms with van der Waals surface area (Å²) in [6, 6.07) is 0. The molecule has 2 N–H and O–H groups in total. The Morgan fingerprint density at radius 2 is 1.20 bits per heavy atom. The van der Waals surface area contributed by atoms with Crippen molar-refractivity contribution in [3.63, 3.8) is 0 Å². The fraction of sp³-hybridized carbons (Fsp3) is 0.778. The molecule has 0 heterocycles. The summed E-state index contributed by atoms with van der Waals surface area (Å²) in [6.07, 6.45) is 1.20. The zero-order valence-corrected chi connectivity index (χ0v) is 7.99. The molecule has 0 saturated carbocycles. The van der Waals surface area contributed by atoms with E-state index >= 15 is 0 Å². The summed E-state index contributed by atoms with van der Waals surface area (Å²) in [5, 5.41) is 17.4. The number of hydrogen-bond donors (Lipinski definition) is 2. The van der Waals surface area contributed by atoms with E-state index in [2.05, 4.69) is 0 Å². The molecule has 0 radical (unpaired) electrons. The average Bonchev–Trinajstić information content (AvgIpc) is 2.05. The van der Waals surface area contributed by atoms with Gasteiger partial charge in [0.15, 0.2) is 0 Å². The number of aliphatic carboxylic acids is 2. The van der Waals surface area contributed by atoms with E-state index in [0.717, 1.165) is 0 Å². The number of carbonyl (C=O) groups is 2. The van der Waals surface area contributed by atoms with Crippen LogP contribution in [0.2, 0.25) is 0 Å². The minimum absolute atomic E-state index is 0. The number of carboxylic acids is 2. The Balaban J connectivity index is -0.000000720. The molecule has 0 fully saturated rings. The Bertz CT molecular complexity index is 177. The second kappa shape index (κ2) is 12.7. The Hall–Kier alpha value is 2.21. The van der Waals surface area contributed by atoms with Crippen LogP contribution in [-0.4, -0.2) is 125 Å². The Morgan fingerprint density at radius 3 is 1.33 bits per heavy atom. The predicted octanol–water partition coefficient (Wildman–Crippen LogP) is 0.301. The van der Waals surface area contributed by atoms with Gasteiger partial charge in [0, 0.05) is 0 Å². The Labute approximate surface area is 175 Å². The maximum atomic E-state index is 10.6. The van der Waals surface area contributed by atoms with Crippen molar-refractivity contribution in [2.24, 2.45) is 11.8 Å². The third-order valence-electron chi connectivity index (χ3n) is 2.25. The molecule has 80 valence electrons. The van der Waals surface area contributed by atoms with Crippen molar-refractivity contribution in [2.75, 3.05) is 0 Å². The van der Waals surface area contributed by atoms with Gasteiger partial charge in [-0.2, -0.15) is 0 Å². The van der Waals surface area contributed by atoms with Gasteiger partial charge in [0.1, 0.15) is 0 Å². The molecule has 6 heteroatoms. The van der Waals surface area contributed by atoms with E-state index in [1.807, 2.05) is 0 Å². The molecule has 0 saturated heterocycles. The molecule has 0 aromatic heterocycles. The van der Waals surface area contributed by atoms with Gasteiger partial charge in [0.05, 0.1) is 11.8 Å². The summed E-state index contributed by atoms with van der Waals surface area (Å²) in [7, 11) is 0. The molecular formula is C9H18K2O4. The van der Waals surface area contributed by atoms with Gasteiger partial charge < -0.3 is 10.2 Å². The van der Waals surface area contributed by atoms with Crippen molar-refractivity contribution in [2.45, 2.75) is 33.1 Å². The van der Waals surface area contributed by atoms with Crippen molar-refractivity contribution in [1.82, 2.24) is 0 Å². The fourth-order valence-corrected chi connectivity index (χ4v) is 1.23. The summed E-state index contributed by atoms with van der Waals surface area (Å²) in [5.41, 5.74) is 0. The molecule has 0 spiro atoms. The molecule has 0 aromatic rings. The summed E-state index contributed by atoms with van der Waals surface area (Å²) < 4.78 is 0. The first-order valence-electron chi connectivity index (χ1n) is 4.48. The topological polar surface area (TPSA) is 74.6 Å². The standard InChI is InChI=1S/C9H16O4.2K.2H/c1-3-6(8(10)11)5-7(4-2)9(12)13;;;;/h6-7H,3-5H2,1-2H3,(H,10,11)(H,12,13);;;;. The van der Waals surface area contributed by atoms with Crippen LogP contribution >= 0.6 is 0 Å². The molecular weight excluding hydrogens is 250 g/mol. The zero-order chi connectivity index (χ0) is 10.4. The van der Waals surface area contributed by atoms with Gasteiger partial charge in [-0.25, -0.2) is 0 Å². The summed E-state index contributed by atoms with van der Waals surface area (Å²) in [5.74, 6) is -2.86. The van der Waals surface area contributed by atoms with Crippen LogP contribution in [0.25, 0.3) is 0 Å². The predicted molar refractivity (Wildman–Crippen MR) is 61.7 cm³/mol. The monoisotopic (exact) mass is 268 g/mol. The van der Waals surface area contributed by atoms with Crippen LogP contribution in [0.1, 0.15) is 33.1 Å². The van der Waals surface area contributed by atoms with Crippen molar-refractivity contribution in [1.29, 1.82) is 0 Å². The number of rotatable bonds is 6. The van der Waals surface area contributed by atoms with Gasteiger partial charge in [-0.1, -0.05) is 13.8 Å². The van der Waals surface area contributed by atoms with Crippen LogP contribution in [0.15, 0.2) is 0 Å². The van der Waals surface area contributed by atoms with Gasteiger partial charge in [0.25, 0.3) is 0 Å². The van der Waals surface area contributed by atoms with Gasteiger partial charge >= 0.3 is 115 Å². The van der Waals surface area contributed by atoms with Crippen molar-refractivity contribution >= 4 is 115 Å². The number of hydrogen-bond acceptors (Lipinski definition) is 2. The van der Waals surface area contributed by atoms with Crippen LogP contribution < -0.4 is 0 Å². The first-order chi connectivity index (χ1) is 6.02. The first-order valence-corrected chi connectivity index (χ1v) is 4.48. The molecule has 4 nitrogen and oxygen atoms in total. The van der Waals surface area contributed by atoms with Gasteiger partial charge in [0.2, 0.25) is 0 Å². The summed E-state index contributed by atoms with van der Waals surface area (Å²) >= 11 is 0. The summed E-state index contributed by atoms with van der Waals surface area (Å²) in [4.78, 5) is 21.2. The fourth-order valence-electron chi connectivity index (χ4n) is 1.23. The molecule has 0 aliphatic carbocycles. The second-order valence-electron chi connectivity index (χ2n) is 3.12. The summed E-state index contributed by atoms with van der Waals surface area (Å²) in [6.45, 7) is 3.51. The third-order valence-corrected chi connectivity index (χ3v) is 2.25. The minimum atomic E-state index is -0.901. The molecule has 0 rings (SSSR count). The molecule has 0 aliphatic rings. The van der Waals surface area contributed by atoms with Crippen LogP contribution in [0, 0.1) is 11.8 Å². The SMILES string of the molecule is CCC(CC(CC)C(=O)O)C(=O)O.[KH].[KH]. The van der Waals surface area contributed by atoms with Crippen LogP contribution in [-0.2, 0) is 9.59 Å². The van der Waals surface area contributed by atoms with E-state index < -0.39 is 23.8 Å². The van der Waals surface area contributed by atoms with E-state index in [-0.39, 0.29) is 109 Å². The van der Waals surface area contributed by atoms with Gasteiger partial charge in [-0.15, -0.1) is 0 Å². The van der Waals surface area contributed by atoms with E-state index in [4.69, 9.17) is 10.2 Å². The van der Waals surface area contributed by atoms with E-state index in [9.17, 15) is 9.59 Å². The molecule has 0 aliphatic heterocycles. The quantitative estimate of drug-likeness (QED) is 0.680. The van der Waals surface area contributed by atoms with E-state index in [1.165, 1.54) is 0 Å². The van der Waals surface area contributed by atoms with Crippen molar-refractivity contribution in [3.05, 3.63) is 0 Å². The van der Waals surface area contributed by atoms with E-state index in [0.29, 0.717) is 12.8 Å². The van der Waals surface area contributed by atoms with E-state index in [1.54, 1.807) is 13.8 Å². The normalized spacial score (nSPS) is 12.9. The van der Waals surface area contributed by atoms with Crippen LogP contribution in [0.4, 0.5) is 0 Å². The molecule has 15 heavy (non-hydrogen) atoms. The number of carboxylic acid groups (broad SMARTS) is 2. The molecule has 2 atom stereocenters. The van der Waals surface area contributed by atoms with Crippen LogP contribution in [0.3, 0.4) is 0 Å². The molecule has 0 amide bonds. The second-order valence-corrected chi connectivity index (χ2v) is 3.12. The zero-order valence-electron chi connectivity index (χ0n) is 7.99. The Morgan fingerprint density at radius 1 is 0.933 bits per heavy atom. The van der Waals surface area contributed by atoms with Gasteiger partial charge in [-0.05, 0) is 19.3 Å². The van der Waals surface area contributed by atoms with Gasteiger partial charge in [-0.3, -0.25) is 9.59 Å². The Kier molecular flexibility index (Phi) is 18.9. The third kappa shape index (κ3) is 9.87. The van der Waals surface area contributed by atoms with Crippen LogP contribution in [0.5, 0.6) is 0 Å². The maximum absolute atomic E-state index is 10.6. The van der Waals surface area contributed by atoms with Crippen molar-refractivity contribution in [3.8, 4) is 0 Å². The first kappa shape index (κ1) is 22.4. The molecule has 0 bridgehead atoms. The molecule has 0 aromatic carbocycles. The molecule has 2 unspecified atom stereocenters.